The van der Waals surface area contributed by atoms with Crippen LogP contribution in [0.15, 0.2) is 0 Å². The Bertz CT molecular complexity index is 520. The van der Waals surface area contributed by atoms with Crippen LogP contribution in [0.25, 0.3) is 0 Å². The van der Waals surface area contributed by atoms with E-state index in [-0.39, 0.29) is 18.5 Å². The van der Waals surface area contributed by atoms with Crippen molar-refractivity contribution in [3.05, 3.63) is 17.0 Å². The largest absolute Gasteiger partial charge is 0.480 e. The predicted molar refractivity (Wildman–Crippen MR) is 75.6 cm³/mol. The molecule has 1 rings (SSSR count). The molecule has 0 aliphatic heterocycles. The molecular weight excluding hydrogens is 258 g/mol. The van der Waals surface area contributed by atoms with Gasteiger partial charge in [-0.2, -0.15) is 5.10 Å². The molecule has 0 bridgehead atoms. The molecule has 1 N–H and O–H groups in total. The van der Waals surface area contributed by atoms with Gasteiger partial charge in [-0.1, -0.05) is 0 Å². The van der Waals surface area contributed by atoms with Gasteiger partial charge in [0.2, 0.25) is 5.91 Å². The maximum atomic E-state index is 12.6. The van der Waals surface area contributed by atoms with Crippen molar-refractivity contribution in [2.75, 3.05) is 6.54 Å². The molecule has 0 saturated heterocycles. The van der Waals surface area contributed by atoms with Crippen LogP contribution >= 0.6 is 0 Å². The Morgan fingerprint density at radius 1 is 1.30 bits per heavy atom. The van der Waals surface area contributed by atoms with Crippen LogP contribution in [0.5, 0.6) is 0 Å². The van der Waals surface area contributed by atoms with Gasteiger partial charge in [-0.25, -0.2) is 0 Å². The Kier molecular flexibility index (Phi) is 4.92. The monoisotopic (exact) mass is 281 g/mol. The Morgan fingerprint density at radius 3 is 2.20 bits per heavy atom. The molecule has 0 radical (unpaired) electrons. The number of amides is 1. The predicted octanol–water partition coefficient (Wildman–Crippen LogP) is 1.46. The molecule has 0 spiro atoms. The van der Waals surface area contributed by atoms with Crippen molar-refractivity contribution in [1.29, 1.82) is 0 Å². The van der Waals surface area contributed by atoms with Gasteiger partial charge in [0, 0.05) is 24.3 Å². The molecule has 0 aliphatic carbocycles. The fourth-order valence-electron chi connectivity index (χ4n) is 2.45. The smallest absolute Gasteiger partial charge is 0.323 e. The third kappa shape index (κ3) is 3.18. The first-order chi connectivity index (χ1) is 9.16. The first-order valence-corrected chi connectivity index (χ1v) is 6.69. The molecule has 20 heavy (non-hydrogen) atoms. The first kappa shape index (κ1) is 16.2. The van der Waals surface area contributed by atoms with E-state index in [1.54, 1.807) is 11.6 Å². The summed E-state index contributed by atoms with van der Waals surface area (Å²) in [6.07, 6.45) is 0. The topological polar surface area (TPSA) is 75.4 Å². The molecule has 6 nitrogen and oxygen atoms in total. The second kappa shape index (κ2) is 6.07. The lowest BCUT2D eigenvalue weighted by molar-refractivity contribution is -0.146. The van der Waals surface area contributed by atoms with E-state index in [9.17, 15) is 9.59 Å². The average Bonchev–Trinajstić information content (AvgIpc) is 2.58. The molecule has 1 unspecified atom stereocenters. The molecule has 1 aromatic rings. The second-order valence-corrected chi connectivity index (χ2v) is 5.38. The number of aliphatic carboxylic acids is 1. The van der Waals surface area contributed by atoms with Crippen LogP contribution in [-0.2, 0) is 16.6 Å². The number of nitrogens with zero attached hydrogens (tertiary/aromatic N) is 3. The van der Waals surface area contributed by atoms with Crippen molar-refractivity contribution in [1.82, 2.24) is 14.7 Å². The minimum Gasteiger partial charge on any atom is -0.480 e. The van der Waals surface area contributed by atoms with Gasteiger partial charge in [0.1, 0.15) is 6.54 Å². The number of aryl methyl sites for hydroxylation is 2. The fraction of sp³-hybridized carbons (Fsp3) is 0.643. The van der Waals surface area contributed by atoms with Crippen molar-refractivity contribution < 1.29 is 14.7 Å². The summed E-state index contributed by atoms with van der Waals surface area (Å²) in [6, 6.07) is -0.154. The second-order valence-electron chi connectivity index (χ2n) is 5.38. The van der Waals surface area contributed by atoms with E-state index in [0.717, 1.165) is 17.0 Å². The molecule has 1 heterocycles. The summed E-state index contributed by atoms with van der Waals surface area (Å²) in [7, 11) is 1.83. The van der Waals surface area contributed by atoms with Crippen LogP contribution in [0.2, 0.25) is 0 Å². The lowest BCUT2D eigenvalue weighted by Gasteiger charge is -2.28. The number of hydrogen-bond donors (Lipinski definition) is 1. The van der Waals surface area contributed by atoms with Crippen molar-refractivity contribution >= 4 is 11.9 Å². The SMILES string of the molecule is Cc1nn(C)c(C)c1C(C)C(=O)N(CC(=O)O)C(C)C. The highest BCUT2D eigenvalue weighted by atomic mass is 16.4. The van der Waals surface area contributed by atoms with Crippen molar-refractivity contribution in [2.45, 2.75) is 46.6 Å². The maximum Gasteiger partial charge on any atom is 0.323 e. The zero-order valence-corrected chi connectivity index (χ0v) is 13.0. The van der Waals surface area contributed by atoms with Crippen LogP contribution in [0.1, 0.15) is 43.6 Å². The molecule has 6 heteroatoms. The fourth-order valence-corrected chi connectivity index (χ4v) is 2.45. The normalized spacial score (nSPS) is 12.6. The Hall–Kier alpha value is -1.85. The molecule has 112 valence electrons. The van der Waals surface area contributed by atoms with E-state index in [1.807, 2.05) is 34.7 Å². The number of aromatic nitrogens is 2. The van der Waals surface area contributed by atoms with E-state index in [0.29, 0.717) is 0 Å². The zero-order chi connectivity index (χ0) is 15.6. The molecule has 1 atom stereocenters. The minimum absolute atomic E-state index is 0.154. The number of carbonyl (C=O) groups is 2. The van der Waals surface area contributed by atoms with Gasteiger partial charge in [-0.15, -0.1) is 0 Å². The summed E-state index contributed by atoms with van der Waals surface area (Å²) in [5, 5.41) is 13.2. The lowest BCUT2D eigenvalue weighted by Crippen LogP contribution is -2.42. The van der Waals surface area contributed by atoms with E-state index in [1.165, 1.54) is 4.90 Å². The van der Waals surface area contributed by atoms with E-state index >= 15 is 0 Å². The average molecular weight is 281 g/mol. The van der Waals surface area contributed by atoms with Crippen LogP contribution < -0.4 is 0 Å². The van der Waals surface area contributed by atoms with Crippen molar-refractivity contribution in [2.24, 2.45) is 7.05 Å². The van der Waals surface area contributed by atoms with Gasteiger partial charge in [-0.05, 0) is 34.6 Å². The number of carbonyl (C=O) groups excluding carboxylic acids is 1. The van der Waals surface area contributed by atoms with E-state index in [4.69, 9.17) is 5.11 Å². The summed E-state index contributed by atoms with van der Waals surface area (Å²) in [5.74, 6) is -1.58. The summed E-state index contributed by atoms with van der Waals surface area (Å²) in [5.41, 5.74) is 2.63. The third-order valence-corrected chi connectivity index (χ3v) is 3.58. The standard InChI is InChI=1S/C14H23N3O3/c1-8(2)17(7-12(18)19)14(20)9(3)13-10(4)15-16(6)11(13)5/h8-9H,7H2,1-6H3,(H,18,19). The van der Waals surface area contributed by atoms with E-state index in [2.05, 4.69) is 5.10 Å². The van der Waals surface area contributed by atoms with E-state index < -0.39 is 11.9 Å². The minimum atomic E-state index is -1.00. The number of rotatable bonds is 5. The third-order valence-electron chi connectivity index (χ3n) is 3.58. The summed E-state index contributed by atoms with van der Waals surface area (Å²) >= 11 is 0. The number of hydrogen-bond acceptors (Lipinski definition) is 3. The van der Waals surface area contributed by atoms with Crippen molar-refractivity contribution in [3.8, 4) is 0 Å². The van der Waals surface area contributed by atoms with Crippen LogP contribution in [-0.4, -0.2) is 44.3 Å². The van der Waals surface area contributed by atoms with Gasteiger partial charge in [-0.3, -0.25) is 14.3 Å². The van der Waals surface area contributed by atoms with Gasteiger partial charge < -0.3 is 10.0 Å². The Morgan fingerprint density at radius 2 is 1.85 bits per heavy atom. The Labute approximate surface area is 119 Å². The highest BCUT2D eigenvalue weighted by molar-refractivity contribution is 5.87. The highest BCUT2D eigenvalue weighted by Gasteiger charge is 2.29. The molecular formula is C14H23N3O3. The van der Waals surface area contributed by atoms with Crippen molar-refractivity contribution in [3.63, 3.8) is 0 Å². The molecule has 0 aromatic carbocycles. The quantitative estimate of drug-likeness (QED) is 0.886. The maximum absolute atomic E-state index is 12.6. The van der Waals surface area contributed by atoms with Gasteiger partial charge in [0.05, 0.1) is 11.6 Å². The van der Waals surface area contributed by atoms with Gasteiger partial charge in [0.15, 0.2) is 0 Å². The lowest BCUT2D eigenvalue weighted by atomic mass is 9.97. The van der Waals surface area contributed by atoms with Gasteiger partial charge in [0.25, 0.3) is 0 Å². The summed E-state index contributed by atoms with van der Waals surface area (Å²) < 4.78 is 1.74. The molecule has 0 saturated carbocycles. The Balaban J connectivity index is 3.08. The number of carboxylic acid groups (broad SMARTS) is 1. The molecule has 1 amide bonds. The number of carboxylic acids is 1. The molecule has 1 aromatic heterocycles. The van der Waals surface area contributed by atoms with Crippen LogP contribution in [0.4, 0.5) is 0 Å². The summed E-state index contributed by atoms with van der Waals surface area (Å²) in [6.45, 7) is 8.93. The highest BCUT2D eigenvalue weighted by Crippen LogP contribution is 2.25. The molecule has 0 fully saturated rings. The molecule has 0 aliphatic rings. The van der Waals surface area contributed by atoms with Gasteiger partial charge >= 0.3 is 5.97 Å². The summed E-state index contributed by atoms with van der Waals surface area (Å²) in [4.78, 5) is 24.9. The first-order valence-electron chi connectivity index (χ1n) is 6.69. The van der Waals surface area contributed by atoms with Crippen LogP contribution in [0.3, 0.4) is 0 Å². The zero-order valence-electron chi connectivity index (χ0n) is 13.0. The van der Waals surface area contributed by atoms with Crippen LogP contribution in [0, 0.1) is 13.8 Å².